The van der Waals surface area contributed by atoms with Crippen LogP contribution in [0, 0.1) is 12.7 Å². The zero-order chi connectivity index (χ0) is 18.1. The van der Waals surface area contributed by atoms with Crippen LogP contribution in [0.4, 0.5) is 10.1 Å². The van der Waals surface area contributed by atoms with E-state index >= 15 is 0 Å². The second kappa shape index (κ2) is 6.44. The molecule has 4 aromatic rings. The van der Waals surface area contributed by atoms with Crippen molar-refractivity contribution in [2.24, 2.45) is 0 Å². The van der Waals surface area contributed by atoms with E-state index in [9.17, 15) is 9.18 Å². The average molecular weight is 345 g/mol. The number of amides is 1. The third-order valence-corrected chi connectivity index (χ3v) is 4.40. The Hall–Kier alpha value is -3.47. The summed E-state index contributed by atoms with van der Waals surface area (Å²) >= 11 is 0. The van der Waals surface area contributed by atoms with Gasteiger partial charge in [0.2, 0.25) is 0 Å². The van der Waals surface area contributed by atoms with Crippen LogP contribution in [-0.2, 0) is 0 Å². The van der Waals surface area contributed by atoms with Gasteiger partial charge in [0.05, 0.1) is 5.69 Å². The van der Waals surface area contributed by atoms with Crippen LogP contribution in [0.2, 0.25) is 0 Å². The number of carbonyl (C=O) groups is 1. The molecule has 0 bridgehead atoms. The number of nitrogens with one attached hydrogen (secondary N) is 2. The molecule has 4 nitrogen and oxygen atoms in total. The molecule has 128 valence electrons. The van der Waals surface area contributed by atoms with E-state index in [1.165, 1.54) is 6.07 Å². The number of benzene rings is 3. The number of halogens is 1. The monoisotopic (exact) mass is 345 g/mol. The lowest BCUT2D eigenvalue weighted by Gasteiger charge is -2.07. The van der Waals surface area contributed by atoms with Crippen molar-refractivity contribution in [2.75, 3.05) is 5.32 Å². The minimum Gasteiger partial charge on any atom is -0.320 e. The van der Waals surface area contributed by atoms with Gasteiger partial charge in [0.25, 0.3) is 5.91 Å². The maximum Gasteiger partial charge on any atom is 0.273 e. The van der Waals surface area contributed by atoms with Crippen LogP contribution in [0.5, 0.6) is 0 Å². The first-order valence-corrected chi connectivity index (χ1v) is 8.23. The standard InChI is InChI=1S/C21H16FN3O/c1-13-17(22)10-5-11-18(13)23-21(26)20-12-19(24-25-20)16-9-4-7-14-6-2-3-8-15(14)16/h2-12H,1H3,(H,23,26)(H,24,25). The van der Waals surface area contributed by atoms with Crippen LogP contribution < -0.4 is 5.32 Å². The molecule has 0 unspecified atom stereocenters. The number of fused-ring (bicyclic) bond motifs is 1. The Bertz CT molecular complexity index is 1110. The fraction of sp³-hybridized carbons (Fsp3) is 0.0476. The first kappa shape index (κ1) is 16.0. The van der Waals surface area contributed by atoms with Gasteiger partial charge in [0.1, 0.15) is 11.5 Å². The Balaban J connectivity index is 1.65. The molecule has 2 N–H and O–H groups in total. The van der Waals surface area contributed by atoms with Gasteiger partial charge in [-0.3, -0.25) is 9.89 Å². The zero-order valence-corrected chi connectivity index (χ0v) is 14.1. The normalized spacial score (nSPS) is 10.8. The molecule has 0 aliphatic heterocycles. The molecular weight excluding hydrogens is 329 g/mol. The van der Waals surface area contributed by atoms with Crippen LogP contribution in [0.25, 0.3) is 22.0 Å². The quantitative estimate of drug-likeness (QED) is 0.553. The Morgan fingerprint density at radius 2 is 1.81 bits per heavy atom. The summed E-state index contributed by atoms with van der Waals surface area (Å²) in [5, 5.41) is 11.9. The van der Waals surface area contributed by atoms with Gasteiger partial charge in [-0.15, -0.1) is 0 Å². The van der Waals surface area contributed by atoms with Crippen LogP contribution in [0.15, 0.2) is 66.7 Å². The van der Waals surface area contributed by atoms with Gasteiger partial charge in [-0.05, 0) is 35.9 Å². The molecular formula is C21H16FN3O. The molecule has 3 aromatic carbocycles. The van der Waals surface area contributed by atoms with Gasteiger partial charge in [0, 0.05) is 16.8 Å². The number of H-pyrrole nitrogens is 1. The van der Waals surface area contributed by atoms with E-state index in [1.54, 1.807) is 25.1 Å². The van der Waals surface area contributed by atoms with Crippen LogP contribution >= 0.6 is 0 Å². The predicted molar refractivity (Wildman–Crippen MR) is 101 cm³/mol. The smallest absolute Gasteiger partial charge is 0.273 e. The summed E-state index contributed by atoms with van der Waals surface area (Å²) in [5.74, 6) is -0.721. The Morgan fingerprint density at radius 3 is 2.69 bits per heavy atom. The van der Waals surface area contributed by atoms with Crippen molar-refractivity contribution in [3.63, 3.8) is 0 Å². The number of nitrogens with zero attached hydrogens (tertiary/aromatic N) is 1. The lowest BCUT2D eigenvalue weighted by Crippen LogP contribution is -2.13. The minimum atomic E-state index is -0.363. The van der Waals surface area contributed by atoms with Gasteiger partial charge in [-0.2, -0.15) is 5.10 Å². The molecule has 0 aliphatic rings. The van der Waals surface area contributed by atoms with E-state index in [1.807, 2.05) is 42.5 Å². The van der Waals surface area contributed by atoms with Crippen LogP contribution in [0.1, 0.15) is 16.1 Å². The zero-order valence-electron chi connectivity index (χ0n) is 14.1. The summed E-state index contributed by atoms with van der Waals surface area (Å²) in [7, 11) is 0. The number of aromatic nitrogens is 2. The Morgan fingerprint density at radius 1 is 1.04 bits per heavy atom. The van der Waals surface area contributed by atoms with Crippen molar-refractivity contribution < 1.29 is 9.18 Å². The fourth-order valence-corrected chi connectivity index (χ4v) is 2.96. The van der Waals surface area contributed by atoms with E-state index in [0.717, 1.165) is 16.3 Å². The summed E-state index contributed by atoms with van der Waals surface area (Å²) in [5.41, 5.74) is 2.78. The second-order valence-electron chi connectivity index (χ2n) is 6.06. The number of aromatic amines is 1. The number of anilines is 1. The molecule has 0 aliphatic carbocycles. The van der Waals surface area contributed by atoms with Crippen molar-refractivity contribution >= 4 is 22.4 Å². The Kier molecular flexibility index (Phi) is 3.97. The van der Waals surface area contributed by atoms with Gasteiger partial charge >= 0.3 is 0 Å². The molecule has 1 amide bonds. The lowest BCUT2D eigenvalue weighted by atomic mass is 10.0. The lowest BCUT2D eigenvalue weighted by molar-refractivity contribution is 0.102. The highest BCUT2D eigenvalue weighted by molar-refractivity contribution is 6.04. The molecule has 0 saturated heterocycles. The fourth-order valence-electron chi connectivity index (χ4n) is 2.96. The largest absolute Gasteiger partial charge is 0.320 e. The minimum absolute atomic E-state index is 0.316. The van der Waals surface area contributed by atoms with Crippen molar-refractivity contribution in [1.29, 1.82) is 0 Å². The summed E-state index contributed by atoms with van der Waals surface area (Å²) in [4.78, 5) is 12.5. The highest BCUT2D eigenvalue weighted by atomic mass is 19.1. The molecule has 1 aromatic heterocycles. The first-order valence-electron chi connectivity index (χ1n) is 8.23. The van der Waals surface area contributed by atoms with E-state index in [0.29, 0.717) is 22.6 Å². The van der Waals surface area contributed by atoms with Gasteiger partial charge < -0.3 is 5.32 Å². The topological polar surface area (TPSA) is 57.8 Å². The molecule has 0 fully saturated rings. The molecule has 5 heteroatoms. The molecule has 0 spiro atoms. The van der Waals surface area contributed by atoms with Crippen molar-refractivity contribution in [3.8, 4) is 11.3 Å². The molecule has 0 radical (unpaired) electrons. The highest BCUT2D eigenvalue weighted by Gasteiger charge is 2.14. The second-order valence-corrected chi connectivity index (χ2v) is 6.06. The molecule has 26 heavy (non-hydrogen) atoms. The van der Waals surface area contributed by atoms with Gasteiger partial charge in [-0.1, -0.05) is 48.5 Å². The summed E-state index contributed by atoms with van der Waals surface area (Å²) in [6, 6.07) is 20.3. The van der Waals surface area contributed by atoms with E-state index in [-0.39, 0.29) is 11.7 Å². The first-order chi connectivity index (χ1) is 12.6. The number of hydrogen-bond donors (Lipinski definition) is 2. The average Bonchev–Trinajstić information content (AvgIpc) is 3.15. The molecule has 1 heterocycles. The van der Waals surface area contributed by atoms with Crippen molar-refractivity contribution in [3.05, 3.63) is 83.8 Å². The van der Waals surface area contributed by atoms with Gasteiger partial charge in [-0.25, -0.2) is 4.39 Å². The summed E-state index contributed by atoms with van der Waals surface area (Å²) in [6.45, 7) is 1.62. The van der Waals surface area contributed by atoms with E-state index in [4.69, 9.17) is 0 Å². The molecule has 0 atom stereocenters. The van der Waals surface area contributed by atoms with Crippen LogP contribution in [0.3, 0.4) is 0 Å². The van der Waals surface area contributed by atoms with Crippen LogP contribution in [-0.4, -0.2) is 16.1 Å². The van der Waals surface area contributed by atoms with Crippen molar-refractivity contribution in [2.45, 2.75) is 6.92 Å². The SMILES string of the molecule is Cc1c(F)cccc1NC(=O)c1cc(-c2cccc3ccccc23)n[nH]1. The van der Waals surface area contributed by atoms with E-state index < -0.39 is 0 Å². The van der Waals surface area contributed by atoms with Gasteiger partial charge in [0.15, 0.2) is 0 Å². The Labute approximate surface area is 149 Å². The number of carbonyl (C=O) groups excluding carboxylic acids is 1. The third kappa shape index (κ3) is 2.84. The summed E-state index contributed by atoms with van der Waals surface area (Å²) < 4.78 is 13.6. The third-order valence-electron chi connectivity index (χ3n) is 4.40. The maximum absolute atomic E-state index is 13.6. The van der Waals surface area contributed by atoms with E-state index in [2.05, 4.69) is 15.5 Å². The summed E-state index contributed by atoms with van der Waals surface area (Å²) in [6.07, 6.45) is 0. The highest BCUT2D eigenvalue weighted by Crippen LogP contribution is 2.27. The van der Waals surface area contributed by atoms with Crippen molar-refractivity contribution in [1.82, 2.24) is 10.2 Å². The molecule has 4 rings (SSSR count). The number of hydrogen-bond acceptors (Lipinski definition) is 2. The number of rotatable bonds is 3. The maximum atomic E-state index is 13.6. The molecule has 0 saturated carbocycles. The predicted octanol–water partition coefficient (Wildman–Crippen LogP) is 4.93.